The number of β-amino-alcohol motifs (C(OH)–C–C–N with tert-alkyl or cyclic N) is 2. The number of hydrogen-bond donors (Lipinski definition) is 7. The molecule has 1 aliphatic carbocycles. The molecule has 1 aromatic rings. The highest BCUT2D eigenvalue weighted by atomic mass is 35.5. The number of nitriles is 1. The van der Waals surface area contributed by atoms with E-state index in [4.69, 9.17) is 39.6 Å². The number of carboxylic acid groups (broad SMARTS) is 1. The number of benzene rings is 1. The van der Waals surface area contributed by atoms with Crippen LogP contribution in [0.5, 0.6) is 0 Å². The van der Waals surface area contributed by atoms with Gasteiger partial charge in [-0.1, -0.05) is 29.3 Å². The van der Waals surface area contributed by atoms with Crippen LogP contribution in [0.4, 0.5) is 0 Å². The van der Waals surface area contributed by atoms with Gasteiger partial charge in [0.05, 0.1) is 34.4 Å². The standard InChI is InChI=1S/C28H32Cl2N8O6/c29-20-5-16-10-37(26(42)14-1-2-15(8-31)21(33)6-14)4-3-19(16)24(30)23(20)25(41)36-22(27(43)44)9-34-28(35-13-32)38-11-17(39)7-18(40)12-38/h1,5-6,8,15,17-18,22,31,39-40H,2-4,7,9-12,33H2,(H,34,35)(H,36,41)(H,43,44)/t15?,17-,18+,22-/m0/s1. The van der Waals surface area contributed by atoms with Gasteiger partial charge in [-0.15, -0.1) is 0 Å². The van der Waals surface area contributed by atoms with E-state index >= 15 is 0 Å². The summed E-state index contributed by atoms with van der Waals surface area (Å²) >= 11 is 13.1. The van der Waals surface area contributed by atoms with E-state index in [0.717, 1.165) is 0 Å². The maximum atomic E-state index is 13.3. The molecule has 0 spiro atoms. The Hall–Kier alpha value is -4.16. The highest BCUT2D eigenvalue weighted by molar-refractivity contribution is 6.40. The van der Waals surface area contributed by atoms with Gasteiger partial charge in [-0.25, -0.2) is 9.79 Å². The topological polar surface area (TPSA) is 228 Å². The Balaban J connectivity index is 1.49. The third-order valence-corrected chi connectivity index (χ3v) is 8.33. The lowest BCUT2D eigenvalue weighted by atomic mass is 9.92. The summed E-state index contributed by atoms with van der Waals surface area (Å²) in [4.78, 5) is 45.6. The lowest BCUT2D eigenvalue weighted by Gasteiger charge is -2.34. The molecule has 14 nitrogen and oxygen atoms in total. The van der Waals surface area contributed by atoms with Crippen LogP contribution in [-0.2, 0) is 22.6 Å². The third-order valence-electron chi connectivity index (χ3n) is 7.61. The number of hydrogen-bond acceptors (Lipinski definition) is 9. The minimum Gasteiger partial charge on any atom is -0.480 e. The van der Waals surface area contributed by atoms with Crippen LogP contribution in [0.2, 0.25) is 10.0 Å². The van der Waals surface area contributed by atoms with Crippen molar-refractivity contribution < 1.29 is 29.7 Å². The van der Waals surface area contributed by atoms with Crippen LogP contribution in [0.1, 0.15) is 34.3 Å². The van der Waals surface area contributed by atoms with Gasteiger partial charge in [0.25, 0.3) is 11.8 Å². The number of halogens is 2. The molecule has 0 saturated carbocycles. The summed E-state index contributed by atoms with van der Waals surface area (Å²) in [6, 6.07) is -0.0114. The number of aliphatic imine (C=N–C) groups is 1. The predicted octanol–water partition coefficient (Wildman–Crippen LogP) is 0.354. The fourth-order valence-corrected chi connectivity index (χ4v) is 6.11. The van der Waals surface area contributed by atoms with Gasteiger partial charge in [0, 0.05) is 56.0 Å². The highest BCUT2D eigenvalue weighted by Gasteiger charge is 2.31. The molecule has 1 fully saturated rings. The summed E-state index contributed by atoms with van der Waals surface area (Å²) in [6.07, 6.45) is 5.42. The monoisotopic (exact) mass is 646 g/mol. The van der Waals surface area contributed by atoms with E-state index in [9.17, 15) is 29.7 Å². The van der Waals surface area contributed by atoms with Crippen molar-refractivity contribution in [3.05, 3.63) is 56.2 Å². The van der Waals surface area contributed by atoms with E-state index in [1.54, 1.807) is 23.2 Å². The number of fused-ring (bicyclic) bond motifs is 1. The minimum atomic E-state index is -1.54. The summed E-state index contributed by atoms with van der Waals surface area (Å²) in [6.45, 7) is 0.113. The molecule has 0 bridgehead atoms. The number of guanidine groups is 1. The van der Waals surface area contributed by atoms with Gasteiger partial charge in [0.2, 0.25) is 5.96 Å². The molecule has 2 aliphatic heterocycles. The van der Waals surface area contributed by atoms with E-state index in [2.05, 4.69) is 15.6 Å². The number of carbonyl (C=O) groups excluding carboxylic acids is 2. The molecule has 4 atom stereocenters. The van der Waals surface area contributed by atoms with Gasteiger partial charge < -0.3 is 41.6 Å². The first-order chi connectivity index (χ1) is 20.9. The summed E-state index contributed by atoms with van der Waals surface area (Å²) in [5.74, 6) is -2.80. The zero-order chi connectivity index (χ0) is 32.1. The maximum Gasteiger partial charge on any atom is 0.328 e. The van der Waals surface area contributed by atoms with E-state index < -0.39 is 36.7 Å². The smallest absolute Gasteiger partial charge is 0.328 e. The van der Waals surface area contributed by atoms with E-state index in [-0.39, 0.29) is 59.4 Å². The van der Waals surface area contributed by atoms with E-state index in [1.807, 2.05) is 0 Å². The first-order valence-electron chi connectivity index (χ1n) is 13.7. The van der Waals surface area contributed by atoms with Crippen molar-refractivity contribution in [2.75, 3.05) is 26.2 Å². The average molecular weight is 648 g/mol. The predicted molar refractivity (Wildman–Crippen MR) is 161 cm³/mol. The summed E-state index contributed by atoms with van der Waals surface area (Å²) in [5, 5.41) is 51.0. The first-order valence-corrected chi connectivity index (χ1v) is 14.5. The molecule has 1 unspecified atom stereocenters. The van der Waals surface area contributed by atoms with Crippen LogP contribution in [0.25, 0.3) is 0 Å². The summed E-state index contributed by atoms with van der Waals surface area (Å²) in [5.41, 5.74) is 7.99. The number of carbonyl (C=O) groups is 3. The van der Waals surface area contributed by atoms with Crippen molar-refractivity contribution in [2.45, 2.75) is 44.1 Å². The maximum absolute atomic E-state index is 13.3. The Labute approximate surface area is 262 Å². The number of piperidine rings is 1. The van der Waals surface area contributed by atoms with Crippen LogP contribution >= 0.6 is 23.2 Å². The number of aliphatic hydroxyl groups is 2. The Morgan fingerprint density at radius 1 is 1.25 bits per heavy atom. The van der Waals surface area contributed by atoms with Crippen molar-refractivity contribution in [3.8, 4) is 6.19 Å². The van der Waals surface area contributed by atoms with Crippen molar-refractivity contribution >= 4 is 53.2 Å². The Kier molecular flexibility index (Phi) is 10.5. The lowest BCUT2D eigenvalue weighted by molar-refractivity contribution is -0.139. The number of amides is 2. The normalized spacial score (nSPS) is 22.5. The Morgan fingerprint density at radius 2 is 1.95 bits per heavy atom. The molecular weight excluding hydrogens is 615 g/mol. The second kappa shape index (κ2) is 14.1. The van der Waals surface area contributed by atoms with Gasteiger partial charge in [0.15, 0.2) is 6.19 Å². The number of nitrogens with one attached hydrogen (secondary N) is 3. The number of carboxylic acids is 1. The molecule has 2 heterocycles. The summed E-state index contributed by atoms with van der Waals surface area (Å²) in [7, 11) is 0. The SMILES string of the molecule is N#CNC(=NC[C@H](NC(=O)c1c(Cl)cc2c(c1Cl)CCN(C(=O)C1=CCC(C=N)C(N)=C1)C2)C(=O)O)N1C[C@H](O)C[C@H](O)C1. The van der Waals surface area contributed by atoms with Gasteiger partial charge in [-0.2, -0.15) is 5.26 Å². The molecule has 0 aromatic heterocycles. The second-order valence-electron chi connectivity index (χ2n) is 10.7. The molecule has 2 amide bonds. The zero-order valence-electron chi connectivity index (χ0n) is 23.5. The van der Waals surface area contributed by atoms with Gasteiger partial charge >= 0.3 is 5.97 Å². The lowest BCUT2D eigenvalue weighted by Crippen LogP contribution is -2.52. The fourth-order valence-electron chi connectivity index (χ4n) is 5.35. The Morgan fingerprint density at radius 3 is 2.57 bits per heavy atom. The van der Waals surface area contributed by atoms with Gasteiger partial charge in [-0.05, 0) is 36.1 Å². The number of aliphatic hydroxyl groups excluding tert-OH is 2. The average Bonchev–Trinajstić information content (AvgIpc) is 2.97. The van der Waals surface area contributed by atoms with E-state index in [1.165, 1.54) is 17.2 Å². The van der Waals surface area contributed by atoms with Crippen LogP contribution < -0.4 is 16.4 Å². The first kappa shape index (κ1) is 32.7. The number of aliphatic carboxylic acids is 1. The zero-order valence-corrected chi connectivity index (χ0v) is 25.0. The quantitative estimate of drug-likeness (QED) is 0.0930. The van der Waals surface area contributed by atoms with Gasteiger partial charge in [-0.3, -0.25) is 14.9 Å². The van der Waals surface area contributed by atoms with E-state index in [0.29, 0.717) is 41.8 Å². The molecule has 1 aromatic carbocycles. The van der Waals surface area contributed by atoms with Crippen molar-refractivity contribution in [3.63, 3.8) is 0 Å². The minimum absolute atomic E-state index is 0.0360. The number of likely N-dealkylation sites (tertiary alicyclic amines) is 1. The fraction of sp³-hybridized carbons (Fsp3) is 0.429. The molecule has 44 heavy (non-hydrogen) atoms. The summed E-state index contributed by atoms with van der Waals surface area (Å²) < 4.78 is 0. The molecule has 4 rings (SSSR count). The molecule has 3 aliphatic rings. The molecule has 16 heteroatoms. The van der Waals surface area contributed by atoms with Crippen LogP contribution in [-0.4, -0.2) is 99.5 Å². The molecular formula is C28H32Cl2N8O6. The van der Waals surface area contributed by atoms with Crippen molar-refractivity contribution in [1.29, 1.82) is 10.7 Å². The number of nitrogens with zero attached hydrogens (tertiary/aromatic N) is 4. The Bertz CT molecular complexity index is 1480. The number of nitrogens with two attached hydrogens (primary N) is 1. The molecule has 234 valence electrons. The number of allylic oxidation sites excluding steroid dienone is 2. The van der Waals surface area contributed by atoms with Crippen molar-refractivity contribution in [2.24, 2.45) is 16.6 Å². The van der Waals surface area contributed by atoms with Crippen LogP contribution in [0.3, 0.4) is 0 Å². The second-order valence-corrected chi connectivity index (χ2v) is 11.5. The van der Waals surface area contributed by atoms with Crippen LogP contribution in [0.15, 0.2) is 34.5 Å². The van der Waals surface area contributed by atoms with Crippen LogP contribution in [0, 0.1) is 22.8 Å². The number of rotatable bonds is 7. The molecule has 8 N–H and O–H groups in total. The van der Waals surface area contributed by atoms with Crippen molar-refractivity contribution in [1.82, 2.24) is 20.4 Å². The molecule has 1 saturated heterocycles. The third kappa shape index (κ3) is 7.31. The largest absolute Gasteiger partial charge is 0.480 e. The van der Waals surface area contributed by atoms with Gasteiger partial charge in [0.1, 0.15) is 6.04 Å². The highest BCUT2D eigenvalue weighted by Crippen LogP contribution is 2.35. The molecule has 0 radical (unpaired) electrons.